The van der Waals surface area contributed by atoms with Gasteiger partial charge in [-0.2, -0.15) is 0 Å². The highest BCUT2D eigenvalue weighted by Gasteiger charge is 2.46. The van der Waals surface area contributed by atoms with Crippen LogP contribution in [0.2, 0.25) is 0 Å². The largest absolute Gasteiger partial charge is 0.496 e. The van der Waals surface area contributed by atoms with Crippen LogP contribution in [-0.4, -0.2) is 97.4 Å². The van der Waals surface area contributed by atoms with Crippen molar-refractivity contribution >= 4 is 50.7 Å². The number of imide groups is 1. The number of amides is 4. The summed E-state index contributed by atoms with van der Waals surface area (Å²) in [5.41, 5.74) is 3.35. The topological polar surface area (TPSA) is 143 Å². The third kappa shape index (κ3) is 6.68. The second kappa shape index (κ2) is 14.1. The Hall–Kier alpha value is -5.35. The average Bonchev–Trinajstić information content (AvgIpc) is 3.72. The monoisotopic (exact) mass is 762 g/mol. The molecule has 0 radical (unpaired) electrons. The van der Waals surface area contributed by atoms with Crippen molar-refractivity contribution in [1.82, 2.24) is 25.0 Å². The minimum absolute atomic E-state index is 0.0616. The molecule has 2 aromatic carbocycles. The van der Waals surface area contributed by atoms with Gasteiger partial charge in [-0.15, -0.1) is 11.3 Å². The lowest BCUT2D eigenvalue weighted by Gasteiger charge is -2.39. The Morgan fingerprint density at radius 3 is 2.41 bits per heavy atom. The molecule has 0 aliphatic carbocycles. The molecule has 284 valence electrons. The molecular weight excluding hydrogens is 723 g/mol. The van der Waals surface area contributed by atoms with E-state index < -0.39 is 36.4 Å². The molecule has 2 N–H and O–H groups in total. The summed E-state index contributed by atoms with van der Waals surface area (Å²) in [6.07, 6.45) is 1.96. The number of carbonyl (C=O) groups excluding carboxylic acids is 4. The lowest BCUT2D eigenvalue weighted by Crippen LogP contribution is -2.58. The van der Waals surface area contributed by atoms with E-state index in [1.54, 1.807) is 45.7 Å². The number of piperidine rings is 2. The number of hydrogen-bond donors (Lipinski definition) is 2. The summed E-state index contributed by atoms with van der Waals surface area (Å²) < 4.78 is 44.9. The molecule has 2 fully saturated rings. The fraction of sp³-hybridized carbons (Fsp3) is 0.395. The molecule has 0 spiro atoms. The van der Waals surface area contributed by atoms with E-state index in [4.69, 9.17) is 9.47 Å². The number of benzene rings is 2. The third-order valence-corrected chi connectivity index (χ3v) is 11.4. The molecule has 54 heavy (non-hydrogen) atoms. The molecule has 7 rings (SSSR count). The average molecular weight is 763 g/mol. The number of alkyl halides is 2. The van der Waals surface area contributed by atoms with Crippen LogP contribution in [0.4, 0.5) is 14.5 Å². The Morgan fingerprint density at radius 2 is 1.76 bits per heavy atom. The number of nitrogens with one attached hydrogen (secondary N) is 2. The number of ether oxygens (including phenoxy) is 2. The highest BCUT2D eigenvalue weighted by atomic mass is 32.1. The Morgan fingerprint density at radius 1 is 1.04 bits per heavy atom. The Labute approximate surface area is 313 Å². The predicted octanol–water partition coefficient (Wildman–Crippen LogP) is 3.75. The number of anilines is 1. The molecule has 3 aliphatic rings. The number of rotatable bonds is 9. The standard InChI is InChI=1S/C38H40F2N6O7S/c1-43(2)17-26-28(52-4)13-20(14-29(26)53-5)25-18-44(3)36(50)24-15-30(54-33(24)25)35(49)41-31-10-11-45(19-38(31,39)40)22-6-7-23-21(12-22)16-46(37(23)51)27-8-9-32(47)42-34(27)48/h6-7,12-15,18,27,31H,8-11,16-17,19H2,1-5H3,(H,41,49)(H,42,47,48)/t27?,31-/m1/s1. The second-order valence-corrected chi connectivity index (χ2v) is 15.2. The first-order valence-electron chi connectivity index (χ1n) is 17.4. The van der Waals surface area contributed by atoms with Crippen molar-refractivity contribution in [3.8, 4) is 22.6 Å². The zero-order valence-corrected chi connectivity index (χ0v) is 31.3. The van der Waals surface area contributed by atoms with Crippen LogP contribution >= 0.6 is 11.3 Å². The van der Waals surface area contributed by atoms with E-state index >= 15 is 8.78 Å². The molecule has 2 atom stereocenters. The van der Waals surface area contributed by atoms with E-state index in [9.17, 15) is 24.0 Å². The number of aromatic nitrogens is 1. The molecule has 1 unspecified atom stereocenters. The summed E-state index contributed by atoms with van der Waals surface area (Å²) in [5.74, 6) is -4.10. The number of nitrogens with zero attached hydrogens (tertiary/aromatic N) is 4. The number of aryl methyl sites for hydroxylation is 1. The lowest BCUT2D eigenvalue weighted by molar-refractivity contribution is -0.136. The fourth-order valence-electron chi connectivity index (χ4n) is 7.50. The van der Waals surface area contributed by atoms with E-state index in [1.807, 2.05) is 31.1 Å². The van der Waals surface area contributed by atoms with Crippen LogP contribution in [0.1, 0.15) is 50.4 Å². The smallest absolute Gasteiger partial charge is 0.284 e. The Balaban J connectivity index is 1.09. The normalized spacial score (nSPS) is 19.7. The van der Waals surface area contributed by atoms with Crippen molar-refractivity contribution in [3.63, 3.8) is 0 Å². The van der Waals surface area contributed by atoms with Gasteiger partial charge >= 0.3 is 0 Å². The molecule has 16 heteroatoms. The molecule has 0 saturated carbocycles. The van der Waals surface area contributed by atoms with Gasteiger partial charge in [0.15, 0.2) is 0 Å². The molecule has 5 heterocycles. The predicted molar refractivity (Wildman–Crippen MR) is 199 cm³/mol. The maximum atomic E-state index is 15.8. The molecule has 13 nitrogen and oxygen atoms in total. The molecule has 4 amide bonds. The summed E-state index contributed by atoms with van der Waals surface area (Å²) in [6.45, 7) is 0.211. The van der Waals surface area contributed by atoms with E-state index in [2.05, 4.69) is 10.6 Å². The first-order valence-corrected chi connectivity index (χ1v) is 18.2. The Kier molecular flexibility index (Phi) is 9.68. The summed E-state index contributed by atoms with van der Waals surface area (Å²) >= 11 is 1.06. The van der Waals surface area contributed by atoms with Crippen molar-refractivity contribution < 1.29 is 37.4 Å². The van der Waals surface area contributed by atoms with Gasteiger partial charge in [0.05, 0.1) is 42.6 Å². The molecule has 2 saturated heterocycles. The summed E-state index contributed by atoms with van der Waals surface area (Å²) in [6, 6.07) is 7.77. The molecule has 4 aromatic rings. The number of pyridine rings is 1. The van der Waals surface area contributed by atoms with Gasteiger partial charge in [-0.1, -0.05) is 0 Å². The second-order valence-electron chi connectivity index (χ2n) is 14.1. The first kappa shape index (κ1) is 37.0. The maximum absolute atomic E-state index is 15.8. The van der Waals surface area contributed by atoms with Crippen molar-refractivity contribution in [2.24, 2.45) is 7.05 Å². The van der Waals surface area contributed by atoms with Gasteiger partial charge in [-0.3, -0.25) is 29.3 Å². The van der Waals surface area contributed by atoms with Crippen molar-refractivity contribution in [3.05, 3.63) is 74.5 Å². The lowest BCUT2D eigenvalue weighted by atomic mass is 9.99. The van der Waals surface area contributed by atoms with Gasteiger partial charge in [0.2, 0.25) is 11.8 Å². The van der Waals surface area contributed by atoms with E-state index in [0.29, 0.717) is 50.7 Å². The highest BCUT2D eigenvalue weighted by Crippen LogP contribution is 2.40. The molecular formula is C38H40F2N6O7S. The number of methoxy groups -OCH3 is 2. The summed E-state index contributed by atoms with van der Waals surface area (Å²) in [4.78, 5) is 69.0. The van der Waals surface area contributed by atoms with Gasteiger partial charge in [-0.25, -0.2) is 8.78 Å². The SMILES string of the molecule is COc1cc(-c2cn(C)c(=O)c3cc(C(=O)N[C@@H]4CCN(c5ccc6c(c5)CN(C5CCC(=O)NC5=O)C6=O)CC4(F)F)sc23)cc(OC)c1CN(C)C. The van der Waals surface area contributed by atoms with Crippen molar-refractivity contribution in [2.45, 2.75) is 50.4 Å². The van der Waals surface area contributed by atoms with Crippen LogP contribution < -0.4 is 30.6 Å². The van der Waals surface area contributed by atoms with Gasteiger partial charge in [-0.05, 0) is 74.5 Å². The minimum atomic E-state index is -3.32. The molecule has 3 aliphatic heterocycles. The quantitative estimate of drug-likeness (QED) is 0.244. The summed E-state index contributed by atoms with van der Waals surface area (Å²) in [7, 11) is 8.60. The number of thiophene rings is 1. The molecule has 0 bridgehead atoms. The number of halogens is 2. The Bertz CT molecular complexity index is 2240. The minimum Gasteiger partial charge on any atom is -0.496 e. The van der Waals surface area contributed by atoms with Crippen LogP contribution in [0.5, 0.6) is 11.5 Å². The van der Waals surface area contributed by atoms with E-state index in [-0.39, 0.29) is 60.0 Å². The summed E-state index contributed by atoms with van der Waals surface area (Å²) in [5, 5.41) is 5.10. The van der Waals surface area contributed by atoms with Crippen LogP contribution in [-0.2, 0) is 29.7 Å². The van der Waals surface area contributed by atoms with Crippen LogP contribution in [0.25, 0.3) is 21.2 Å². The van der Waals surface area contributed by atoms with Crippen molar-refractivity contribution in [1.29, 1.82) is 0 Å². The number of carbonyl (C=O) groups is 4. The first-order chi connectivity index (χ1) is 25.7. The zero-order chi connectivity index (χ0) is 38.6. The number of fused-ring (bicyclic) bond motifs is 2. The van der Waals surface area contributed by atoms with E-state index in [0.717, 1.165) is 16.9 Å². The maximum Gasteiger partial charge on any atom is 0.284 e. The van der Waals surface area contributed by atoms with Gasteiger partial charge in [0, 0.05) is 60.8 Å². The third-order valence-electron chi connectivity index (χ3n) is 10.2. The van der Waals surface area contributed by atoms with Gasteiger partial charge in [0.25, 0.3) is 23.3 Å². The van der Waals surface area contributed by atoms with E-state index in [1.165, 1.54) is 20.4 Å². The number of hydrogen-bond acceptors (Lipinski definition) is 10. The van der Waals surface area contributed by atoms with Crippen LogP contribution in [0, 0.1) is 0 Å². The van der Waals surface area contributed by atoms with Gasteiger partial charge < -0.3 is 34.1 Å². The highest BCUT2D eigenvalue weighted by molar-refractivity contribution is 7.21. The zero-order valence-electron chi connectivity index (χ0n) is 30.5. The van der Waals surface area contributed by atoms with Gasteiger partial charge in [0.1, 0.15) is 17.5 Å². The van der Waals surface area contributed by atoms with Crippen LogP contribution in [0.3, 0.4) is 0 Å². The van der Waals surface area contributed by atoms with Crippen LogP contribution in [0.15, 0.2) is 47.4 Å². The molecule has 2 aromatic heterocycles. The van der Waals surface area contributed by atoms with Crippen molar-refractivity contribution in [2.75, 3.05) is 46.3 Å². The fourth-order valence-corrected chi connectivity index (χ4v) is 8.59.